The van der Waals surface area contributed by atoms with Gasteiger partial charge in [0.2, 0.25) is 0 Å². The number of hydrogen-bond donors (Lipinski definition) is 0. The van der Waals surface area contributed by atoms with Crippen molar-refractivity contribution < 1.29 is 17.7 Å². The molecule has 8 aromatic carbocycles. The highest BCUT2D eigenvalue weighted by Gasteiger charge is 2.21. The second kappa shape index (κ2) is 14.2. The highest BCUT2D eigenvalue weighted by molar-refractivity contribution is 6.16. The molecule has 0 amide bonds. The van der Waals surface area contributed by atoms with Crippen molar-refractivity contribution in [2.45, 2.75) is 0 Å². The number of fused-ring (bicyclic) bond motifs is 10. The molecule has 12 heteroatoms. The van der Waals surface area contributed by atoms with Crippen LogP contribution >= 0.6 is 0 Å². The molecule has 2 aliphatic rings. The minimum absolute atomic E-state index is 0.0181. The van der Waals surface area contributed by atoms with E-state index >= 15 is 0 Å². The van der Waals surface area contributed by atoms with Crippen LogP contribution in [-0.2, 0) is 0 Å². The van der Waals surface area contributed by atoms with E-state index in [-0.39, 0.29) is 43.1 Å². The molecule has 2 aliphatic carbocycles. The van der Waals surface area contributed by atoms with Crippen molar-refractivity contribution >= 4 is 64.6 Å². The molecule has 4 heterocycles. The fourth-order valence-corrected chi connectivity index (χ4v) is 8.81. The van der Waals surface area contributed by atoms with E-state index in [9.17, 15) is 38.4 Å². The van der Waals surface area contributed by atoms with Crippen LogP contribution in [0, 0.1) is 0 Å². The van der Waals surface area contributed by atoms with Gasteiger partial charge in [-0.15, -0.1) is 0 Å². The van der Waals surface area contributed by atoms with Gasteiger partial charge in [-0.05, 0) is 90.3 Å². The van der Waals surface area contributed by atoms with Gasteiger partial charge in [-0.3, -0.25) is 0 Å². The molecule has 0 bridgehead atoms. The lowest BCUT2D eigenvalue weighted by Gasteiger charge is -2.00. The molecule has 0 atom stereocenters. The van der Waals surface area contributed by atoms with Crippen molar-refractivity contribution in [1.82, 2.24) is 0 Å². The van der Waals surface area contributed by atoms with Crippen LogP contribution < -0.4 is 45.0 Å². The molecule has 0 fully saturated rings. The fourth-order valence-electron chi connectivity index (χ4n) is 8.81. The number of rotatable bonds is 0. The molecule has 0 saturated heterocycles. The molecule has 0 unspecified atom stereocenters. The maximum atomic E-state index is 11.2. The van der Waals surface area contributed by atoms with Gasteiger partial charge in [0.25, 0.3) is 0 Å². The Bertz CT molecular complexity index is 3700. The van der Waals surface area contributed by atoms with Crippen molar-refractivity contribution in [2.24, 2.45) is 0 Å². The molecule has 14 rings (SSSR count). The molecule has 4 aromatic heterocycles. The zero-order chi connectivity index (χ0) is 44.0. The van der Waals surface area contributed by atoms with Gasteiger partial charge in [0.1, 0.15) is 0 Å². The highest BCUT2D eigenvalue weighted by atomic mass is 16.4. The van der Waals surface area contributed by atoms with Crippen LogP contribution in [0.1, 0.15) is 0 Å². The van der Waals surface area contributed by atoms with Gasteiger partial charge in [0, 0.05) is 0 Å². The van der Waals surface area contributed by atoms with Crippen LogP contribution in [0.5, 0.6) is 0 Å². The second-order valence-electron chi connectivity index (χ2n) is 15.1. The maximum absolute atomic E-state index is 11.2. The summed E-state index contributed by atoms with van der Waals surface area (Å²) in [6.45, 7) is 0. The quantitative estimate of drug-likeness (QED) is 0.143. The van der Waals surface area contributed by atoms with E-state index in [2.05, 4.69) is 139 Å². The van der Waals surface area contributed by atoms with E-state index in [0.29, 0.717) is 0 Å². The molecule has 0 aliphatic heterocycles. The van der Waals surface area contributed by atoms with Crippen molar-refractivity contribution in [3.63, 3.8) is 0 Å². The van der Waals surface area contributed by atoms with Gasteiger partial charge in [-0.2, -0.15) is 0 Å². The molecule has 0 spiro atoms. The third-order valence-corrected chi connectivity index (χ3v) is 11.6. The van der Waals surface area contributed by atoms with E-state index in [1.807, 2.05) is 0 Å². The van der Waals surface area contributed by atoms with Gasteiger partial charge in [-0.1, -0.05) is 121 Å². The van der Waals surface area contributed by atoms with Crippen LogP contribution in [0.2, 0.25) is 0 Å². The zero-order valence-electron chi connectivity index (χ0n) is 32.8. The van der Waals surface area contributed by atoms with Crippen molar-refractivity contribution in [3.05, 3.63) is 229 Å². The van der Waals surface area contributed by atoms with Crippen molar-refractivity contribution in [2.75, 3.05) is 0 Å². The SMILES string of the molecule is O=c1oc(=O)c2cc3c(=O)oc(=O)c3cc12.O=c1oc(=O)c2cc3c(=O)oc(=O)c3cc12.c1ccc2c(c1)-c1cccc3cccc-2c13.c1ccc2c(c1)-c1cccc3cccc-2c13. The Kier molecular flexibility index (Phi) is 8.40. The largest absolute Gasteiger partial charge is 0.386 e. The molecule has 12 nitrogen and oxygen atoms in total. The van der Waals surface area contributed by atoms with E-state index in [4.69, 9.17) is 0 Å². The molecule has 12 aromatic rings. The third-order valence-electron chi connectivity index (χ3n) is 11.6. The number of furan rings is 4. The van der Waals surface area contributed by atoms with Gasteiger partial charge >= 0.3 is 45.0 Å². The van der Waals surface area contributed by atoms with Gasteiger partial charge < -0.3 is 17.7 Å². The van der Waals surface area contributed by atoms with Crippen molar-refractivity contribution in [3.8, 4) is 44.5 Å². The number of hydrogen-bond acceptors (Lipinski definition) is 12. The normalized spacial score (nSPS) is 11.6. The van der Waals surface area contributed by atoms with Crippen molar-refractivity contribution in [1.29, 1.82) is 0 Å². The molecule has 304 valence electrons. The lowest BCUT2D eigenvalue weighted by molar-refractivity contribution is 0.498. The lowest BCUT2D eigenvalue weighted by atomic mass is 10.0. The van der Waals surface area contributed by atoms with Gasteiger partial charge in [0.15, 0.2) is 0 Å². The topological polar surface area (TPSA) is 189 Å². The summed E-state index contributed by atoms with van der Waals surface area (Å²) in [6.07, 6.45) is 0. The molecule has 0 N–H and O–H groups in total. The Morgan fingerprint density at radius 2 is 0.406 bits per heavy atom. The van der Waals surface area contributed by atoms with Crippen LogP contribution in [0.3, 0.4) is 0 Å². The van der Waals surface area contributed by atoms with Crippen LogP contribution in [0.15, 0.2) is 202 Å². The van der Waals surface area contributed by atoms with Gasteiger partial charge in [0.05, 0.1) is 43.1 Å². The first-order valence-corrected chi connectivity index (χ1v) is 19.7. The Balaban J connectivity index is 0.0000000951. The third kappa shape index (κ3) is 5.77. The summed E-state index contributed by atoms with van der Waals surface area (Å²) in [5, 5.41) is 5.35. The predicted octanol–water partition coefficient (Wildman–Crippen LogP) is 7.97. The standard InChI is InChI=1S/2C16H10.2C10H2O6/c2*1-2-8-13-12(7-1)14-9-3-5-11-6-4-10-15(13)16(11)14;2*11-7-3-1-4-6(10(14)16-8(4)12)2-5(3)9(13)15-7/h2*1-10H;2*1-2H. The van der Waals surface area contributed by atoms with E-state index in [1.165, 1.54) is 66.1 Å². The first-order valence-electron chi connectivity index (χ1n) is 19.7. The van der Waals surface area contributed by atoms with E-state index < -0.39 is 45.0 Å². The summed E-state index contributed by atoms with van der Waals surface area (Å²) in [5.41, 5.74) is 4.40. The smallest absolute Gasteiger partial charge is 0.346 e. The number of benzene rings is 8. The molecule has 64 heavy (non-hydrogen) atoms. The minimum Gasteiger partial charge on any atom is -0.386 e. The Hall–Kier alpha value is -9.16. The first-order chi connectivity index (χ1) is 31.0. The second-order valence-corrected chi connectivity index (χ2v) is 15.1. The summed E-state index contributed by atoms with van der Waals surface area (Å²) >= 11 is 0. The van der Waals surface area contributed by atoms with Crippen LogP contribution in [-0.4, -0.2) is 0 Å². The summed E-state index contributed by atoms with van der Waals surface area (Å²) < 4.78 is 17.4. The average Bonchev–Trinajstić information content (AvgIpc) is 4.12. The predicted molar refractivity (Wildman–Crippen MR) is 244 cm³/mol. The molecular weight excluding hydrogens is 817 g/mol. The monoisotopic (exact) mass is 840 g/mol. The average molecular weight is 841 g/mol. The summed E-state index contributed by atoms with van der Waals surface area (Å²) in [5.74, 6) is 0. The van der Waals surface area contributed by atoms with Crippen LogP contribution in [0.25, 0.3) is 109 Å². The van der Waals surface area contributed by atoms with Gasteiger partial charge in [-0.25, -0.2) is 38.4 Å². The minimum atomic E-state index is -0.824. The highest BCUT2D eigenvalue weighted by Crippen LogP contribution is 2.47. The lowest BCUT2D eigenvalue weighted by Crippen LogP contribution is -1.96. The van der Waals surface area contributed by atoms with E-state index in [0.717, 1.165) is 24.3 Å². The molecule has 0 radical (unpaired) electrons. The summed E-state index contributed by atoms with van der Waals surface area (Å²) in [7, 11) is 0. The molecule has 0 saturated carbocycles. The Labute approximate surface area is 354 Å². The Morgan fingerprint density at radius 3 is 0.609 bits per heavy atom. The van der Waals surface area contributed by atoms with E-state index in [1.54, 1.807) is 0 Å². The first kappa shape index (κ1) is 37.8. The summed E-state index contributed by atoms with van der Waals surface area (Å²) in [6, 6.07) is 48.1. The summed E-state index contributed by atoms with van der Waals surface area (Å²) in [4.78, 5) is 89.5. The molecular formula is C52H24O12. The zero-order valence-corrected chi connectivity index (χ0v) is 32.8. The maximum Gasteiger partial charge on any atom is 0.346 e. The Morgan fingerprint density at radius 1 is 0.219 bits per heavy atom. The van der Waals surface area contributed by atoms with Crippen LogP contribution in [0.4, 0.5) is 0 Å². The fraction of sp³-hybridized carbons (Fsp3) is 0.